The first-order valence-electron chi connectivity index (χ1n) is 5.25. The van der Waals surface area contributed by atoms with Gasteiger partial charge in [-0.2, -0.15) is 0 Å². The van der Waals surface area contributed by atoms with Gasteiger partial charge in [0, 0.05) is 11.2 Å². The van der Waals surface area contributed by atoms with Gasteiger partial charge in [-0.25, -0.2) is 4.98 Å². The summed E-state index contributed by atoms with van der Waals surface area (Å²) in [5.74, 6) is 0.346. The summed E-state index contributed by atoms with van der Waals surface area (Å²) in [6.45, 7) is 0. The molecule has 94 valence electrons. The van der Waals surface area contributed by atoms with E-state index in [2.05, 4.69) is 20.2 Å². The van der Waals surface area contributed by atoms with Crippen molar-refractivity contribution in [3.05, 3.63) is 45.5 Å². The van der Waals surface area contributed by atoms with Crippen molar-refractivity contribution in [2.75, 3.05) is 0 Å². The Hall–Kier alpha value is -1.49. The lowest BCUT2D eigenvalue weighted by molar-refractivity contribution is 1.02. The van der Waals surface area contributed by atoms with Crippen LogP contribution in [-0.4, -0.2) is 20.2 Å². The van der Waals surface area contributed by atoms with E-state index in [9.17, 15) is 0 Å². The SMILES string of the molecule is Clc1ccnc(-c2nnc3c(Cl)ccc(Cl)c3n2)c1. The Morgan fingerprint density at radius 2 is 1.58 bits per heavy atom. The minimum absolute atomic E-state index is 0.346. The number of hydrogen-bond donors (Lipinski definition) is 0. The summed E-state index contributed by atoms with van der Waals surface area (Å²) in [5.41, 5.74) is 1.47. The number of pyridine rings is 1. The lowest BCUT2D eigenvalue weighted by Crippen LogP contribution is -1.96. The second-order valence-electron chi connectivity index (χ2n) is 3.72. The molecule has 0 bridgehead atoms. The minimum Gasteiger partial charge on any atom is -0.253 e. The average molecular weight is 312 g/mol. The van der Waals surface area contributed by atoms with Crippen molar-refractivity contribution in [1.29, 1.82) is 0 Å². The number of hydrogen-bond acceptors (Lipinski definition) is 4. The van der Waals surface area contributed by atoms with Crippen LogP contribution in [0.15, 0.2) is 30.5 Å². The monoisotopic (exact) mass is 310 g/mol. The normalized spacial score (nSPS) is 10.9. The molecular formula is C12H5Cl3N4. The van der Waals surface area contributed by atoms with Gasteiger partial charge in [0.25, 0.3) is 0 Å². The predicted octanol–water partition coefficient (Wildman–Crippen LogP) is 4.05. The summed E-state index contributed by atoms with van der Waals surface area (Å²) in [7, 11) is 0. The maximum Gasteiger partial charge on any atom is 0.201 e. The number of benzene rings is 1. The summed E-state index contributed by atoms with van der Waals surface area (Å²) in [5, 5.41) is 9.48. The molecule has 0 saturated carbocycles. The van der Waals surface area contributed by atoms with Gasteiger partial charge in [-0.15, -0.1) is 10.2 Å². The Morgan fingerprint density at radius 1 is 0.842 bits per heavy atom. The molecule has 2 heterocycles. The highest BCUT2D eigenvalue weighted by Crippen LogP contribution is 2.27. The Balaban J connectivity index is 2.25. The predicted molar refractivity (Wildman–Crippen MR) is 75.6 cm³/mol. The van der Waals surface area contributed by atoms with Gasteiger partial charge in [-0.1, -0.05) is 34.8 Å². The first-order chi connectivity index (χ1) is 9.15. The molecule has 1 aromatic carbocycles. The average Bonchev–Trinajstić information content (AvgIpc) is 2.43. The highest BCUT2D eigenvalue weighted by Gasteiger charge is 2.11. The summed E-state index contributed by atoms with van der Waals surface area (Å²) in [4.78, 5) is 8.48. The molecular weight excluding hydrogens is 307 g/mol. The molecule has 0 aliphatic heterocycles. The van der Waals surface area contributed by atoms with E-state index in [0.717, 1.165) is 0 Å². The number of aromatic nitrogens is 4. The Labute approximate surface area is 123 Å². The van der Waals surface area contributed by atoms with Crippen molar-refractivity contribution in [2.24, 2.45) is 0 Å². The zero-order valence-corrected chi connectivity index (χ0v) is 11.6. The summed E-state index contributed by atoms with van der Waals surface area (Å²) < 4.78 is 0. The molecule has 4 nitrogen and oxygen atoms in total. The van der Waals surface area contributed by atoms with Gasteiger partial charge >= 0.3 is 0 Å². The largest absolute Gasteiger partial charge is 0.253 e. The number of rotatable bonds is 1. The fraction of sp³-hybridized carbons (Fsp3) is 0. The second kappa shape index (κ2) is 4.89. The van der Waals surface area contributed by atoms with E-state index in [0.29, 0.717) is 37.6 Å². The van der Waals surface area contributed by atoms with Gasteiger partial charge in [0.2, 0.25) is 5.82 Å². The lowest BCUT2D eigenvalue weighted by Gasteiger charge is -2.03. The lowest BCUT2D eigenvalue weighted by atomic mass is 10.3. The molecule has 0 radical (unpaired) electrons. The van der Waals surface area contributed by atoms with Crippen LogP contribution in [0.5, 0.6) is 0 Å². The second-order valence-corrected chi connectivity index (χ2v) is 4.97. The van der Waals surface area contributed by atoms with Gasteiger partial charge in [0.15, 0.2) is 0 Å². The van der Waals surface area contributed by atoms with Gasteiger partial charge in [0.05, 0.1) is 10.0 Å². The summed E-state index contributed by atoms with van der Waals surface area (Å²) >= 11 is 18.0. The van der Waals surface area contributed by atoms with Crippen molar-refractivity contribution in [3.63, 3.8) is 0 Å². The maximum atomic E-state index is 6.08. The van der Waals surface area contributed by atoms with E-state index < -0.39 is 0 Å². The van der Waals surface area contributed by atoms with Crippen LogP contribution in [0.3, 0.4) is 0 Å². The smallest absolute Gasteiger partial charge is 0.201 e. The van der Waals surface area contributed by atoms with Crippen LogP contribution in [0.4, 0.5) is 0 Å². The number of nitrogens with zero attached hydrogens (tertiary/aromatic N) is 4. The van der Waals surface area contributed by atoms with Crippen LogP contribution < -0.4 is 0 Å². The van der Waals surface area contributed by atoms with Gasteiger partial charge in [-0.3, -0.25) is 4.98 Å². The molecule has 0 N–H and O–H groups in total. The third-order valence-electron chi connectivity index (χ3n) is 2.47. The van der Waals surface area contributed by atoms with Crippen molar-refractivity contribution >= 4 is 45.8 Å². The van der Waals surface area contributed by atoms with Crippen LogP contribution in [0.25, 0.3) is 22.6 Å². The van der Waals surface area contributed by atoms with Crippen LogP contribution in [0.1, 0.15) is 0 Å². The fourth-order valence-corrected chi connectivity index (χ4v) is 2.14. The molecule has 2 aromatic heterocycles. The summed E-state index contributed by atoms with van der Waals surface area (Å²) in [6.07, 6.45) is 1.57. The quantitative estimate of drug-likeness (QED) is 0.680. The van der Waals surface area contributed by atoms with Crippen LogP contribution in [0.2, 0.25) is 15.1 Å². The van der Waals surface area contributed by atoms with Gasteiger partial charge in [0.1, 0.15) is 16.7 Å². The van der Waals surface area contributed by atoms with E-state index in [1.165, 1.54) is 0 Å². The minimum atomic E-state index is 0.346. The fourth-order valence-electron chi connectivity index (χ4n) is 1.59. The summed E-state index contributed by atoms with van der Waals surface area (Å²) in [6, 6.07) is 6.64. The molecule has 0 aliphatic rings. The standard InChI is InChI=1S/C12H5Cl3N4/c13-6-3-4-16-9(5-6)12-17-10-7(14)1-2-8(15)11(10)18-19-12/h1-5H. The first kappa shape index (κ1) is 12.5. The van der Waals surface area contributed by atoms with E-state index in [-0.39, 0.29) is 0 Å². The zero-order chi connectivity index (χ0) is 13.4. The van der Waals surface area contributed by atoms with Crippen molar-refractivity contribution in [1.82, 2.24) is 20.2 Å². The van der Waals surface area contributed by atoms with Crippen molar-refractivity contribution in [2.45, 2.75) is 0 Å². The molecule has 0 atom stereocenters. The molecule has 0 unspecified atom stereocenters. The molecule has 0 aliphatic carbocycles. The Kier molecular flexibility index (Phi) is 3.22. The Morgan fingerprint density at radius 3 is 2.32 bits per heavy atom. The molecule has 0 fully saturated rings. The van der Waals surface area contributed by atoms with Crippen LogP contribution >= 0.6 is 34.8 Å². The highest BCUT2D eigenvalue weighted by molar-refractivity contribution is 6.39. The third kappa shape index (κ3) is 2.34. The van der Waals surface area contributed by atoms with E-state index in [1.54, 1.807) is 30.5 Å². The van der Waals surface area contributed by atoms with Gasteiger partial charge in [-0.05, 0) is 24.3 Å². The van der Waals surface area contributed by atoms with E-state index in [4.69, 9.17) is 34.8 Å². The topological polar surface area (TPSA) is 51.6 Å². The first-order valence-corrected chi connectivity index (χ1v) is 6.39. The highest BCUT2D eigenvalue weighted by atomic mass is 35.5. The van der Waals surface area contributed by atoms with Crippen molar-refractivity contribution < 1.29 is 0 Å². The van der Waals surface area contributed by atoms with Crippen LogP contribution in [0, 0.1) is 0 Å². The van der Waals surface area contributed by atoms with Crippen LogP contribution in [-0.2, 0) is 0 Å². The molecule has 7 heteroatoms. The number of fused-ring (bicyclic) bond motifs is 1. The molecule has 3 rings (SSSR count). The molecule has 0 saturated heterocycles. The molecule has 19 heavy (non-hydrogen) atoms. The Bertz CT molecular complexity index is 776. The molecule has 0 amide bonds. The van der Waals surface area contributed by atoms with Gasteiger partial charge < -0.3 is 0 Å². The van der Waals surface area contributed by atoms with E-state index in [1.807, 2.05) is 0 Å². The number of halogens is 3. The zero-order valence-electron chi connectivity index (χ0n) is 9.31. The van der Waals surface area contributed by atoms with Crippen molar-refractivity contribution in [3.8, 4) is 11.5 Å². The van der Waals surface area contributed by atoms with E-state index >= 15 is 0 Å². The maximum absolute atomic E-state index is 6.08. The third-order valence-corrected chi connectivity index (χ3v) is 3.31. The molecule has 3 aromatic rings. The molecule has 0 spiro atoms.